The van der Waals surface area contributed by atoms with Crippen molar-refractivity contribution in [2.75, 3.05) is 24.5 Å². The van der Waals surface area contributed by atoms with Crippen molar-refractivity contribution >= 4 is 23.0 Å². The van der Waals surface area contributed by atoms with Crippen molar-refractivity contribution < 1.29 is 9.90 Å². The van der Waals surface area contributed by atoms with Crippen LogP contribution in [-0.4, -0.2) is 30.7 Å². The number of azo groups is 1. The zero-order valence-corrected chi connectivity index (χ0v) is 13.9. The van der Waals surface area contributed by atoms with Gasteiger partial charge in [-0.2, -0.15) is 10.2 Å². The van der Waals surface area contributed by atoms with E-state index in [1.54, 1.807) is 12.1 Å². The Bertz CT molecular complexity index is 726. The van der Waals surface area contributed by atoms with Crippen molar-refractivity contribution in [3.8, 4) is 0 Å². The van der Waals surface area contributed by atoms with Crippen LogP contribution < -0.4 is 10.6 Å². The summed E-state index contributed by atoms with van der Waals surface area (Å²) in [6, 6.07) is 12.3. The summed E-state index contributed by atoms with van der Waals surface area (Å²) in [4.78, 5) is 13.0. The smallest absolute Gasteiger partial charge is 0.335 e. The van der Waals surface area contributed by atoms with Gasteiger partial charge < -0.3 is 15.7 Å². The molecule has 0 bridgehead atoms. The average Bonchev–Trinajstić information content (AvgIpc) is 2.59. The van der Waals surface area contributed by atoms with Crippen LogP contribution in [0.1, 0.15) is 22.8 Å². The topological polar surface area (TPSA) is 91.3 Å². The van der Waals surface area contributed by atoms with E-state index in [1.807, 2.05) is 19.1 Å². The van der Waals surface area contributed by atoms with Crippen LogP contribution >= 0.6 is 0 Å². The van der Waals surface area contributed by atoms with Gasteiger partial charge in [0.05, 0.1) is 16.9 Å². The lowest BCUT2D eigenvalue weighted by Crippen LogP contribution is -2.28. The van der Waals surface area contributed by atoms with Crippen molar-refractivity contribution in [2.24, 2.45) is 16.0 Å². The van der Waals surface area contributed by atoms with Crippen molar-refractivity contribution in [1.29, 1.82) is 0 Å². The van der Waals surface area contributed by atoms with Gasteiger partial charge in [-0.15, -0.1) is 0 Å². The Balaban J connectivity index is 2.16. The zero-order valence-electron chi connectivity index (χ0n) is 13.9. The third-order valence-electron chi connectivity index (χ3n) is 3.71. The Hall–Kier alpha value is -2.73. The van der Waals surface area contributed by atoms with E-state index in [0.717, 1.165) is 30.0 Å². The molecular weight excluding hydrogens is 304 g/mol. The summed E-state index contributed by atoms with van der Waals surface area (Å²) in [6.07, 6.45) is 0. The number of nitrogens with zero attached hydrogens (tertiary/aromatic N) is 3. The molecule has 0 radical (unpaired) electrons. The van der Waals surface area contributed by atoms with Crippen molar-refractivity contribution in [3.63, 3.8) is 0 Å². The normalized spacial score (nSPS) is 11.0. The number of hydrogen-bond acceptors (Lipinski definition) is 5. The monoisotopic (exact) mass is 326 g/mol. The first-order valence-corrected chi connectivity index (χ1v) is 7.86. The number of carbonyl (C=O) groups is 1. The summed E-state index contributed by atoms with van der Waals surface area (Å²) < 4.78 is 0. The predicted octanol–water partition coefficient (Wildman–Crippen LogP) is 3.89. The van der Waals surface area contributed by atoms with Gasteiger partial charge in [0.15, 0.2) is 0 Å². The number of hydrogen-bond donors (Lipinski definition) is 2. The van der Waals surface area contributed by atoms with Crippen LogP contribution in [0, 0.1) is 6.92 Å². The molecular formula is C18H22N4O2. The SMILES string of the molecule is CCN(CCN)c1ccc(N=Nc2ccc(C(=O)O)cc2)c(C)c1. The number of likely N-dealkylation sites (N-methyl/N-ethyl adjacent to an activating group) is 1. The van der Waals surface area contributed by atoms with Gasteiger partial charge in [0.1, 0.15) is 0 Å². The Morgan fingerprint density at radius 3 is 2.42 bits per heavy atom. The van der Waals surface area contributed by atoms with Crippen molar-refractivity contribution in [2.45, 2.75) is 13.8 Å². The molecule has 0 aliphatic carbocycles. The van der Waals surface area contributed by atoms with Gasteiger partial charge in [0.2, 0.25) is 0 Å². The summed E-state index contributed by atoms with van der Waals surface area (Å²) in [6.45, 7) is 6.40. The number of nitrogens with two attached hydrogens (primary N) is 1. The van der Waals surface area contributed by atoms with E-state index in [2.05, 4.69) is 28.1 Å². The molecule has 126 valence electrons. The molecule has 0 amide bonds. The minimum atomic E-state index is -0.956. The van der Waals surface area contributed by atoms with Gasteiger partial charge in [0, 0.05) is 25.3 Å². The molecule has 0 saturated carbocycles. The molecule has 2 rings (SSSR count). The van der Waals surface area contributed by atoms with Gasteiger partial charge in [-0.3, -0.25) is 0 Å². The molecule has 2 aromatic rings. The molecule has 0 atom stereocenters. The highest BCUT2D eigenvalue weighted by molar-refractivity contribution is 5.87. The number of anilines is 1. The Morgan fingerprint density at radius 1 is 1.17 bits per heavy atom. The molecule has 0 aliphatic rings. The number of carboxylic acid groups (broad SMARTS) is 1. The lowest BCUT2D eigenvalue weighted by molar-refractivity contribution is 0.0697. The largest absolute Gasteiger partial charge is 0.478 e. The van der Waals surface area contributed by atoms with E-state index < -0.39 is 5.97 Å². The molecule has 6 heteroatoms. The molecule has 0 spiro atoms. The quantitative estimate of drug-likeness (QED) is 0.755. The second kappa shape index (κ2) is 8.21. The van der Waals surface area contributed by atoms with Gasteiger partial charge >= 0.3 is 5.97 Å². The van der Waals surface area contributed by atoms with E-state index in [-0.39, 0.29) is 5.56 Å². The van der Waals surface area contributed by atoms with E-state index in [1.165, 1.54) is 12.1 Å². The van der Waals surface area contributed by atoms with Gasteiger partial charge in [0.25, 0.3) is 0 Å². The first-order valence-electron chi connectivity index (χ1n) is 7.86. The standard InChI is InChI=1S/C18H22N4O2/c1-3-22(11-10-19)16-8-9-17(13(2)12-16)21-20-15-6-4-14(5-7-15)18(23)24/h4-9,12H,3,10-11,19H2,1-2H3,(H,23,24). The molecule has 3 N–H and O–H groups in total. The van der Waals surface area contributed by atoms with Crippen LogP contribution in [0.4, 0.5) is 17.1 Å². The van der Waals surface area contributed by atoms with Gasteiger partial charge in [-0.1, -0.05) is 0 Å². The third kappa shape index (κ3) is 4.39. The second-order valence-electron chi connectivity index (χ2n) is 5.39. The van der Waals surface area contributed by atoms with Crippen LogP contribution in [0.2, 0.25) is 0 Å². The Labute approximate surface area is 141 Å². The first-order chi connectivity index (χ1) is 11.5. The predicted molar refractivity (Wildman–Crippen MR) is 95.7 cm³/mol. The molecule has 6 nitrogen and oxygen atoms in total. The molecule has 0 fully saturated rings. The molecule has 0 unspecified atom stereocenters. The summed E-state index contributed by atoms with van der Waals surface area (Å²) in [7, 11) is 0. The summed E-state index contributed by atoms with van der Waals surface area (Å²) >= 11 is 0. The fourth-order valence-corrected chi connectivity index (χ4v) is 2.36. The average molecular weight is 326 g/mol. The van der Waals surface area contributed by atoms with Gasteiger partial charge in [-0.05, 0) is 61.9 Å². The van der Waals surface area contributed by atoms with Crippen LogP contribution in [0.3, 0.4) is 0 Å². The molecule has 24 heavy (non-hydrogen) atoms. The summed E-state index contributed by atoms with van der Waals surface area (Å²) in [5.41, 5.74) is 9.40. The highest BCUT2D eigenvalue weighted by atomic mass is 16.4. The maximum absolute atomic E-state index is 10.8. The first kappa shape index (κ1) is 17.6. The molecule has 0 aliphatic heterocycles. The number of benzene rings is 2. The van der Waals surface area contributed by atoms with E-state index in [9.17, 15) is 4.79 Å². The lowest BCUT2D eigenvalue weighted by atomic mass is 10.1. The van der Waals surface area contributed by atoms with E-state index >= 15 is 0 Å². The third-order valence-corrected chi connectivity index (χ3v) is 3.71. The number of rotatable bonds is 7. The van der Waals surface area contributed by atoms with Crippen LogP contribution in [-0.2, 0) is 0 Å². The lowest BCUT2D eigenvalue weighted by Gasteiger charge is -2.22. The minimum absolute atomic E-state index is 0.231. The van der Waals surface area contributed by atoms with Crippen molar-refractivity contribution in [3.05, 3.63) is 53.6 Å². The highest BCUT2D eigenvalue weighted by Crippen LogP contribution is 2.26. The second-order valence-corrected chi connectivity index (χ2v) is 5.39. The maximum atomic E-state index is 10.8. The summed E-state index contributed by atoms with van der Waals surface area (Å²) in [5.74, 6) is -0.956. The molecule has 0 heterocycles. The Morgan fingerprint density at radius 2 is 1.88 bits per heavy atom. The molecule has 0 saturated heterocycles. The summed E-state index contributed by atoms with van der Waals surface area (Å²) in [5, 5.41) is 17.3. The van der Waals surface area contributed by atoms with Crippen LogP contribution in [0.25, 0.3) is 0 Å². The van der Waals surface area contributed by atoms with Gasteiger partial charge in [-0.25, -0.2) is 4.79 Å². The molecule has 2 aromatic carbocycles. The molecule has 0 aromatic heterocycles. The fourth-order valence-electron chi connectivity index (χ4n) is 2.36. The maximum Gasteiger partial charge on any atom is 0.335 e. The highest BCUT2D eigenvalue weighted by Gasteiger charge is 2.06. The number of aryl methyl sites for hydroxylation is 1. The van der Waals surface area contributed by atoms with E-state index in [4.69, 9.17) is 10.8 Å². The van der Waals surface area contributed by atoms with Crippen molar-refractivity contribution in [1.82, 2.24) is 0 Å². The van der Waals surface area contributed by atoms with Crippen LogP contribution in [0.5, 0.6) is 0 Å². The zero-order chi connectivity index (χ0) is 17.5. The minimum Gasteiger partial charge on any atom is -0.478 e. The Kier molecular flexibility index (Phi) is 6.03. The van der Waals surface area contributed by atoms with E-state index in [0.29, 0.717) is 12.2 Å². The van der Waals surface area contributed by atoms with Crippen LogP contribution in [0.15, 0.2) is 52.7 Å². The fraction of sp³-hybridized carbons (Fsp3) is 0.278. The number of aromatic carboxylic acids is 1. The number of carboxylic acids is 1.